The van der Waals surface area contributed by atoms with Crippen LogP contribution in [0.25, 0.3) is 0 Å². The van der Waals surface area contributed by atoms with Gasteiger partial charge in [0.05, 0.1) is 0 Å². The second kappa shape index (κ2) is 4.08. The van der Waals surface area contributed by atoms with Crippen LogP contribution in [-0.2, 0) is 22.6 Å². The van der Waals surface area contributed by atoms with Crippen molar-refractivity contribution in [2.45, 2.75) is 20.0 Å². The van der Waals surface area contributed by atoms with Crippen molar-refractivity contribution in [3.63, 3.8) is 0 Å². The molecule has 0 unspecified atom stereocenters. The molecule has 0 amide bonds. The first kappa shape index (κ1) is 8.20. The summed E-state index contributed by atoms with van der Waals surface area (Å²) in [5, 5.41) is 0.856. The van der Waals surface area contributed by atoms with Gasteiger partial charge in [-0.05, 0) is 6.42 Å². The molecule has 0 bridgehead atoms. The first-order valence-electron chi connectivity index (χ1n) is 3.35. The topological polar surface area (TPSA) is 39.2 Å². The highest BCUT2D eigenvalue weighted by Gasteiger charge is 1.98. The van der Waals surface area contributed by atoms with Crippen molar-refractivity contribution < 1.29 is 9.53 Å². The van der Waals surface area contributed by atoms with Crippen molar-refractivity contribution in [1.29, 1.82) is 0 Å². The Hall–Kier alpha value is -0.900. The lowest BCUT2D eigenvalue weighted by atomic mass is 10.4. The minimum Gasteiger partial charge on any atom is -0.460 e. The van der Waals surface area contributed by atoms with E-state index < -0.39 is 0 Å². The molecular formula is C7H9NO2S. The maximum Gasteiger partial charge on any atom is 0.293 e. The van der Waals surface area contributed by atoms with Gasteiger partial charge in [-0.15, -0.1) is 11.3 Å². The van der Waals surface area contributed by atoms with E-state index >= 15 is 0 Å². The van der Waals surface area contributed by atoms with Crippen LogP contribution in [0.5, 0.6) is 0 Å². The van der Waals surface area contributed by atoms with Crippen LogP contribution in [0.4, 0.5) is 0 Å². The van der Waals surface area contributed by atoms with E-state index in [1.807, 2.05) is 6.20 Å². The van der Waals surface area contributed by atoms with Gasteiger partial charge in [0.25, 0.3) is 6.47 Å². The highest BCUT2D eigenvalue weighted by molar-refractivity contribution is 7.11. The van der Waals surface area contributed by atoms with E-state index in [1.165, 1.54) is 4.88 Å². The van der Waals surface area contributed by atoms with Gasteiger partial charge in [-0.3, -0.25) is 4.79 Å². The molecule has 0 aromatic carbocycles. The largest absolute Gasteiger partial charge is 0.460 e. The molecule has 0 saturated heterocycles. The molecule has 1 aromatic rings. The van der Waals surface area contributed by atoms with Crippen LogP contribution in [0.1, 0.15) is 16.8 Å². The molecule has 0 aliphatic rings. The van der Waals surface area contributed by atoms with Gasteiger partial charge >= 0.3 is 0 Å². The number of aryl methyl sites for hydroxylation is 1. The van der Waals surface area contributed by atoms with Gasteiger partial charge in [-0.1, -0.05) is 6.92 Å². The van der Waals surface area contributed by atoms with Crippen LogP contribution in [0.3, 0.4) is 0 Å². The molecule has 0 saturated carbocycles. The minimum absolute atomic E-state index is 0.300. The second-order valence-corrected chi connectivity index (χ2v) is 3.18. The number of rotatable bonds is 4. The van der Waals surface area contributed by atoms with E-state index in [0.717, 1.165) is 11.4 Å². The smallest absolute Gasteiger partial charge is 0.293 e. The van der Waals surface area contributed by atoms with Gasteiger partial charge in [0.2, 0.25) is 0 Å². The number of carbonyl (C=O) groups excluding carboxylic acids is 1. The molecule has 11 heavy (non-hydrogen) atoms. The number of hydrogen-bond donors (Lipinski definition) is 0. The Morgan fingerprint density at radius 3 is 3.18 bits per heavy atom. The first-order valence-corrected chi connectivity index (χ1v) is 4.17. The monoisotopic (exact) mass is 171 g/mol. The van der Waals surface area contributed by atoms with Crippen LogP contribution < -0.4 is 0 Å². The average Bonchev–Trinajstić information content (AvgIpc) is 2.48. The molecule has 0 radical (unpaired) electrons. The van der Waals surface area contributed by atoms with Crippen molar-refractivity contribution >= 4 is 17.8 Å². The van der Waals surface area contributed by atoms with Crippen LogP contribution >= 0.6 is 11.3 Å². The summed E-state index contributed by atoms with van der Waals surface area (Å²) in [5.74, 6) is 0. The van der Waals surface area contributed by atoms with Crippen molar-refractivity contribution in [1.82, 2.24) is 4.98 Å². The van der Waals surface area contributed by atoms with Crippen LogP contribution in [0.15, 0.2) is 6.20 Å². The molecule has 4 heteroatoms. The quantitative estimate of drug-likeness (QED) is 0.642. The summed E-state index contributed by atoms with van der Waals surface area (Å²) in [4.78, 5) is 15.1. The summed E-state index contributed by atoms with van der Waals surface area (Å²) < 4.78 is 4.54. The summed E-state index contributed by atoms with van der Waals surface area (Å²) in [5.41, 5.74) is 0. The highest BCUT2D eigenvalue weighted by Crippen LogP contribution is 2.13. The fourth-order valence-electron chi connectivity index (χ4n) is 0.684. The predicted molar refractivity (Wildman–Crippen MR) is 42.3 cm³/mol. The van der Waals surface area contributed by atoms with E-state index in [0.29, 0.717) is 13.1 Å². The molecule has 3 nitrogen and oxygen atoms in total. The Bertz CT molecular complexity index is 234. The zero-order valence-corrected chi connectivity index (χ0v) is 7.06. The summed E-state index contributed by atoms with van der Waals surface area (Å²) in [6.07, 6.45) is 2.80. The van der Waals surface area contributed by atoms with Gasteiger partial charge in [0, 0.05) is 11.1 Å². The van der Waals surface area contributed by atoms with Crippen molar-refractivity contribution in [3.05, 3.63) is 16.1 Å². The third-order valence-corrected chi connectivity index (χ3v) is 2.34. The SMILES string of the molecule is CCc1cnc(COC=O)s1. The predicted octanol–water partition coefficient (Wildman–Crippen LogP) is 1.38. The second-order valence-electron chi connectivity index (χ2n) is 1.98. The zero-order chi connectivity index (χ0) is 8.10. The van der Waals surface area contributed by atoms with Crippen molar-refractivity contribution in [2.75, 3.05) is 0 Å². The standard InChI is InChI=1S/C7H9NO2S/c1-2-6-3-8-7(11-6)4-10-5-9/h3,5H,2,4H2,1H3. The van der Waals surface area contributed by atoms with E-state index in [4.69, 9.17) is 0 Å². The molecular weight excluding hydrogens is 162 g/mol. The first-order chi connectivity index (χ1) is 5.36. The Balaban J connectivity index is 2.50. The molecule has 0 spiro atoms. The van der Waals surface area contributed by atoms with E-state index in [-0.39, 0.29) is 0 Å². The van der Waals surface area contributed by atoms with Gasteiger partial charge in [-0.25, -0.2) is 4.98 Å². The highest BCUT2D eigenvalue weighted by atomic mass is 32.1. The number of ether oxygens (including phenoxy) is 1. The fraction of sp³-hybridized carbons (Fsp3) is 0.429. The number of thiazole rings is 1. The van der Waals surface area contributed by atoms with Gasteiger partial charge in [0.15, 0.2) is 0 Å². The maximum atomic E-state index is 9.81. The van der Waals surface area contributed by atoms with Crippen LogP contribution in [0, 0.1) is 0 Å². The fourth-order valence-corrected chi connectivity index (χ4v) is 1.47. The van der Waals surface area contributed by atoms with Gasteiger partial charge in [-0.2, -0.15) is 0 Å². The normalized spacial score (nSPS) is 9.55. The summed E-state index contributed by atoms with van der Waals surface area (Å²) >= 11 is 1.58. The average molecular weight is 171 g/mol. The summed E-state index contributed by atoms with van der Waals surface area (Å²) in [6, 6.07) is 0. The van der Waals surface area contributed by atoms with Gasteiger partial charge < -0.3 is 4.74 Å². The molecule has 60 valence electrons. The third kappa shape index (κ3) is 2.31. The van der Waals surface area contributed by atoms with E-state index in [9.17, 15) is 4.79 Å². The Morgan fingerprint density at radius 2 is 2.64 bits per heavy atom. The summed E-state index contributed by atoms with van der Waals surface area (Å²) in [7, 11) is 0. The molecule has 0 aliphatic carbocycles. The summed E-state index contributed by atoms with van der Waals surface area (Å²) in [6.45, 7) is 2.80. The Morgan fingerprint density at radius 1 is 1.82 bits per heavy atom. The van der Waals surface area contributed by atoms with Crippen LogP contribution in [0.2, 0.25) is 0 Å². The Kier molecular flexibility index (Phi) is 3.04. The molecule has 0 atom stereocenters. The minimum atomic E-state index is 0.300. The van der Waals surface area contributed by atoms with Gasteiger partial charge in [0.1, 0.15) is 11.6 Å². The van der Waals surface area contributed by atoms with E-state index in [2.05, 4.69) is 16.6 Å². The van der Waals surface area contributed by atoms with Crippen molar-refractivity contribution in [2.24, 2.45) is 0 Å². The third-order valence-electron chi connectivity index (χ3n) is 1.22. The van der Waals surface area contributed by atoms with Crippen molar-refractivity contribution in [3.8, 4) is 0 Å². The molecule has 1 heterocycles. The maximum absolute atomic E-state index is 9.81. The molecule has 0 fully saturated rings. The zero-order valence-electron chi connectivity index (χ0n) is 6.24. The number of aromatic nitrogens is 1. The Labute approximate surface area is 69.0 Å². The lowest BCUT2D eigenvalue weighted by Gasteiger charge is -1.90. The molecule has 0 aliphatic heterocycles. The van der Waals surface area contributed by atoms with Crippen LogP contribution in [-0.4, -0.2) is 11.5 Å². The molecule has 1 aromatic heterocycles. The molecule has 1 rings (SSSR count). The lowest BCUT2D eigenvalue weighted by Crippen LogP contribution is -1.87. The van der Waals surface area contributed by atoms with E-state index in [1.54, 1.807) is 11.3 Å². The molecule has 0 N–H and O–H groups in total. The number of hydrogen-bond acceptors (Lipinski definition) is 4. The number of nitrogens with zero attached hydrogens (tertiary/aromatic N) is 1. The number of carbonyl (C=O) groups is 1. The lowest BCUT2D eigenvalue weighted by molar-refractivity contribution is -0.129.